The number of carbonyl (C=O) groups is 1. The molecule has 7 atom stereocenters. The molecule has 1 fully saturated rings. The molecule has 1 aliphatic heterocycles. The summed E-state index contributed by atoms with van der Waals surface area (Å²) >= 11 is 0. The number of phosphoric acid groups is 4. The normalized spacial score (nSPS) is 24.4. The molecule has 4 unspecified atom stereocenters. The third-order valence-electron chi connectivity index (χ3n) is 6.66. The molecule has 2 aliphatic rings. The Balaban J connectivity index is 1.17. The summed E-state index contributed by atoms with van der Waals surface area (Å²) in [5.74, 6) is -0.678. The van der Waals surface area contributed by atoms with Crippen LogP contribution < -0.4 is 16.6 Å². The van der Waals surface area contributed by atoms with Crippen LogP contribution in [0.15, 0.2) is 35.4 Å². The highest BCUT2D eigenvalue weighted by Gasteiger charge is 2.46. The quantitative estimate of drug-likeness (QED) is 0.0734. The summed E-state index contributed by atoms with van der Waals surface area (Å²) in [6.07, 6.45) is 6.16. The maximum atomic E-state index is 12.3. The second-order valence-electron chi connectivity index (χ2n) is 10.5. The maximum absolute atomic E-state index is 12.3. The first-order valence-corrected chi connectivity index (χ1v) is 20.3. The molecule has 27 heteroatoms. The number of aliphatic hydroxyl groups is 1. The number of fused-ring (bicyclic) bond motifs is 1. The van der Waals surface area contributed by atoms with E-state index < -0.39 is 68.5 Å². The molecule has 4 rings (SSSR count). The van der Waals surface area contributed by atoms with E-state index in [0.717, 1.165) is 0 Å². The van der Waals surface area contributed by atoms with Gasteiger partial charge in [0.05, 0.1) is 31.6 Å². The summed E-state index contributed by atoms with van der Waals surface area (Å²) in [4.78, 5) is 73.1. The van der Waals surface area contributed by atoms with Gasteiger partial charge in [0.1, 0.15) is 12.3 Å². The van der Waals surface area contributed by atoms with E-state index >= 15 is 0 Å². The fourth-order valence-corrected chi connectivity index (χ4v) is 9.50. The Kier molecular flexibility index (Phi) is 13.1. The first-order valence-electron chi connectivity index (χ1n) is 14.3. The zero-order valence-electron chi connectivity index (χ0n) is 25.2. The third kappa shape index (κ3) is 11.8. The zero-order chi connectivity index (χ0) is 36.0. The monoisotopic (exact) mass is 778 g/mol. The summed E-state index contributed by atoms with van der Waals surface area (Å²) in [5, 5.41) is 13.1. The highest BCUT2D eigenvalue weighted by atomic mass is 31.3. The van der Waals surface area contributed by atoms with E-state index in [1.165, 1.54) is 10.9 Å². The molecule has 274 valence electrons. The predicted octanol–water partition coefficient (Wildman–Crippen LogP) is 1.25. The van der Waals surface area contributed by atoms with Crippen molar-refractivity contribution in [2.75, 3.05) is 25.5 Å². The highest BCUT2D eigenvalue weighted by Crippen LogP contribution is 2.71. The van der Waals surface area contributed by atoms with Gasteiger partial charge in [-0.05, 0) is 12.8 Å². The Morgan fingerprint density at radius 2 is 1.59 bits per heavy atom. The zero-order valence-corrected chi connectivity index (χ0v) is 28.8. The minimum atomic E-state index is -6.02. The van der Waals surface area contributed by atoms with Gasteiger partial charge in [-0.3, -0.25) is 28.2 Å². The van der Waals surface area contributed by atoms with E-state index in [0.29, 0.717) is 25.8 Å². The van der Waals surface area contributed by atoms with Crippen molar-refractivity contribution in [2.24, 2.45) is 5.92 Å². The topological polar surface area (TPSA) is 343 Å². The number of hydrogen-bond acceptors (Lipinski definition) is 16. The van der Waals surface area contributed by atoms with E-state index in [-0.39, 0.29) is 41.8 Å². The lowest BCUT2D eigenvalue weighted by molar-refractivity contribution is -0.122. The molecule has 1 amide bonds. The molecular formula is C22H34N6O17P4. The molecule has 2 aromatic rings. The van der Waals surface area contributed by atoms with Crippen LogP contribution in [0.4, 0.5) is 5.95 Å². The second-order valence-corrected chi connectivity index (χ2v) is 16.7. The molecule has 0 aromatic carbocycles. The average Bonchev–Trinajstić information content (AvgIpc) is 3.71. The molecule has 0 radical (unpaired) electrons. The van der Waals surface area contributed by atoms with Crippen molar-refractivity contribution in [3.8, 4) is 0 Å². The lowest BCUT2D eigenvalue weighted by Gasteiger charge is -2.21. The lowest BCUT2D eigenvalue weighted by atomic mass is 10.1. The van der Waals surface area contributed by atoms with Crippen molar-refractivity contribution < 1.29 is 74.5 Å². The van der Waals surface area contributed by atoms with Crippen LogP contribution >= 0.6 is 31.3 Å². The van der Waals surface area contributed by atoms with Crippen LogP contribution in [0.25, 0.3) is 11.2 Å². The molecule has 23 nitrogen and oxygen atoms in total. The standard InChI is InChI=1S/C22H34N6O17P4/c23-22-26-19-18(21(31)27-22)25-13-28(19)17-11-15(29)16(42-17)12-41-47(34,35)44-49(38,39)45-48(36,37)43-46(32,33)40-10-6-2-1-5-9-24-20(30)14-7-3-4-8-14/h3-4,7-8,13-17,29H,1-2,5-6,9-12H2,(H,24,30)(H,32,33)(H,34,35)(H,36,37)(H,38,39)(H3,23,26,27,31)/t15-,16+,17+/m0/s1. The highest BCUT2D eigenvalue weighted by molar-refractivity contribution is 7.69. The number of aliphatic hydroxyl groups excluding tert-OH is 1. The molecular weight excluding hydrogens is 744 g/mol. The number of rotatable bonds is 19. The summed E-state index contributed by atoms with van der Waals surface area (Å²) in [5.41, 5.74) is 4.83. The molecule has 49 heavy (non-hydrogen) atoms. The Hall–Kier alpha value is -2.42. The first kappa shape index (κ1) is 39.4. The number of anilines is 1. The molecule has 9 N–H and O–H groups in total. The minimum absolute atomic E-state index is 0.00675. The Bertz CT molecular complexity index is 1800. The van der Waals surface area contributed by atoms with E-state index in [1.807, 2.05) is 0 Å². The Morgan fingerprint density at radius 1 is 0.980 bits per heavy atom. The number of unbranched alkanes of at least 4 members (excludes halogenated alkanes) is 3. The number of aromatic amines is 1. The third-order valence-corrected chi connectivity index (χ3v) is 12.6. The van der Waals surface area contributed by atoms with Crippen LogP contribution in [0.2, 0.25) is 0 Å². The molecule has 0 saturated carbocycles. The van der Waals surface area contributed by atoms with Crippen molar-refractivity contribution in [1.29, 1.82) is 0 Å². The number of nitrogen functional groups attached to an aromatic ring is 1. The smallest absolute Gasteiger partial charge is 0.390 e. The van der Waals surface area contributed by atoms with Crippen molar-refractivity contribution in [3.05, 3.63) is 41.0 Å². The fourth-order valence-electron chi connectivity index (χ4n) is 4.52. The van der Waals surface area contributed by atoms with Crippen molar-refractivity contribution in [1.82, 2.24) is 24.8 Å². The van der Waals surface area contributed by atoms with E-state index in [9.17, 15) is 52.5 Å². The number of nitrogens with zero attached hydrogens (tertiary/aromatic N) is 3. The molecule has 2 aromatic heterocycles. The number of allylic oxidation sites excluding steroid dienone is 2. The fraction of sp³-hybridized carbons (Fsp3) is 0.545. The molecule has 0 bridgehead atoms. The number of carbonyl (C=O) groups excluding carboxylic acids is 1. The Labute approximate surface area is 276 Å². The van der Waals surface area contributed by atoms with Crippen LogP contribution in [0, 0.1) is 5.92 Å². The number of hydrogen-bond donors (Lipinski definition) is 8. The predicted molar refractivity (Wildman–Crippen MR) is 165 cm³/mol. The van der Waals surface area contributed by atoms with Crippen LogP contribution in [0.3, 0.4) is 0 Å². The van der Waals surface area contributed by atoms with Gasteiger partial charge in [0.2, 0.25) is 11.9 Å². The van der Waals surface area contributed by atoms with Gasteiger partial charge in [-0.15, -0.1) is 0 Å². The summed E-state index contributed by atoms with van der Waals surface area (Å²) < 4.78 is 76.3. The molecule has 1 saturated heterocycles. The van der Waals surface area contributed by atoms with Gasteiger partial charge < -0.3 is 40.5 Å². The van der Waals surface area contributed by atoms with E-state index in [1.54, 1.807) is 24.3 Å². The first-order chi connectivity index (χ1) is 22.9. The number of imidazole rings is 1. The minimum Gasteiger partial charge on any atom is -0.390 e. The lowest BCUT2D eigenvalue weighted by Crippen LogP contribution is -2.29. The number of aromatic nitrogens is 4. The summed E-state index contributed by atoms with van der Waals surface area (Å²) in [6.45, 7) is -0.981. The number of H-pyrrole nitrogens is 1. The van der Waals surface area contributed by atoms with Gasteiger partial charge in [0.15, 0.2) is 11.2 Å². The van der Waals surface area contributed by atoms with Crippen molar-refractivity contribution in [3.63, 3.8) is 0 Å². The number of amides is 1. The SMILES string of the molecule is Nc1nc2c(ncn2[C@H]2C[C@H](O)[C@@H](COP(=O)(O)OP(=O)(O)OP(=O)(O)OP(=O)(O)OCCCCCCNC(=O)C3C=CC=C3)O2)c(=O)[nH]1. The van der Waals surface area contributed by atoms with Crippen LogP contribution in [0.5, 0.6) is 0 Å². The number of nitrogens with one attached hydrogen (secondary N) is 2. The number of phosphoric ester groups is 2. The van der Waals surface area contributed by atoms with Crippen molar-refractivity contribution in [2.45, 2.75) is 50.5 Å². The van der Waals surface area contributed by atoms with Crippen LogP contribution in [-0.4, -0.2) is 82.1 Å². The summed E-state index contributed by atoms with van der Waals surface area (Å²) in [7, 11) is -22.9. The van der Waals surface area contributed by atoms with Gasteiger partial charge >= 0.3 is 31.3 Å². The number of ether oxygens (including phenoxy) is 1. The second kappa shape index (κ2) is 16.3. The largest absolute Gasteiger partial charge is 0.490 e. The molecule has 1 aliphatic carbocycles. The van der Waals surface area contributed by atoms with Crippen molar-refractivity contribution >= 4 is 54.3 Å². The van der Waals surface area contributed by atoms with Gasteiger partial charge in [0.25, 0.3) is 5.56 Å². The molecule has 0 spiro atoms. The number of nitrogens with two attached hydrogens (primary N) is 1. The average molecular weight is 778 g/mol. The van der Waals surface area contributed by atoms with Crippen LogP contribution in [-0.2, 0) is 49.8 Å². The van der Waals surface area contributed by atoms with Gasteiger partial charge in [-0.1, -0.05) is 37.1 Å². The summed E-state index contributed by atoms with van der Waals surface area (Å²) in [6, 6.07) is 0. The van der Waals surface area contributed by atoms with Gasteiger partial charge in [0, 0.05) is 13.0 Å². The Morgan fingerprint density at radius 3 is 2.27 bits per heavy atom. The molecule has 3 heterocycles. The van der Waals surface area contributed by atoms with Crippen LogP contribution in [0.1, 0.15) is 38.3 Å². The van der Waals surface area contributed by atoms with E-state index in [2.05, 4.69) is 42.2 Å². The maximum Gasteiger partial charge on any atom is 0.490 e. The van der Waals surface area contributed by atoms with Gasteiger partial charge in [-0.25, -0.2) is 23.2 Å². The van der Waals surface area contributed by atoms with Gasteiger partial charge in [-0.2, -0.15) is 17.9 Å². The van der Waals surface area contributed by atoms with E-state index in [4.69, 9.17) is 10.5 Å².